The van der Waals surface area contributed by atoms with Gasteiger partial charge in [-0.2, -0.15) is 0 Å². The molecule has 0 fully saturated rings. The predicted molar refractivity (Wildman–Crippen MR) is 51.9 cm³/mol. The molecule has 0 heterocycles. The van der Waals surface area contributed by atoms with Gasteiger partial charge in [-0.15, -0.1) is 0 Å². The van der Waals surface area contributed by atoms with Crippen molar-refractivity contribution in [2.45, 2.75) is 26.7 Å². The Morgan fingerprint density at radius 3 is 2.33 bits per heavy atom. The quantitative estimate of drug-likeness (QED) is 0.587. The largest absolute Gasteiger partial charge is 0.384 e. The predicted octanol–water partition coefficient (Wildman–Crippen LogP) is 2.07. The van der Waals surface area contributed by atoms with E-state index in [2.05, 4.69) is 20.0 Å². The molecule has 2 heteroatoms. The van der Waals surface area contributed by atoms with Crippen LogP contribution in [-0.4, -0.2) is 25.3 Å². The highest BCUT2D eigenvalue weighted by atomic mass is 16.1. The van der Waals surface area contributed by atoms with Gasteiger partial charge in [-0.25, -0.2) is 0 Å². The second kappa shape index (κ2) is 5.81. The summed E-state index contributed by atoms with van der Waals surface area (Å²) in [7, 11) is 4.01. The Kier molecular flexibility index (Phi) is 5.43. The van der Waals surface area contributed by atoms with Crippen LogP contribution in [0.15, 0.2) is 11.8 Å². The molecule has 0 aliphatic heterocycles. The molecule has 12 heavy (non-hydrogen) atoms. The molecular formula is C10H19NO. The van der Waals surface area contributed by atoms with E-state index in [1.807, 2.05) is 19.0 Å². The first-order chi connectivity index (χ1) is 5.57. The van der Waals surface area contributed by atoms with Gasteiger partial charge in [-0.3, -0.25) is 0 Å². The molecule has 0 aliphatic rings. The van der Waals surface area contributed by atoms with Crippen molar-refractivity contribution >= 4 is 6.29 Å². The third-order valence-electron chi connectivity index (χ3n) is 1.72. The molecule has 0 aromatic rings. The molecule has 0 spiro atoms. The fourth-order valence-corrected chi connectivity index (χ4v) is 1.06. The fraction of sp³-hybridized carbons (Fsp3) is 0.700. The van der Waals surface area contributed by atoms with Crippen molar-refractivity contribution < 1.29 is 4.79 Å². The minimum atomic E-state index is 0.535. The van der Waals surface area contributed by atoms with Crippen molar-refractivity contribution in [1.29, 1.82) is 0 Å². The molecule has 0 bridgehead atoms. The van der Waals surface area contributed by atoms with Crippen LogP contribution >= 0.6 is 0 Å². The zero-order valence-electron chi connectivity index (χ0n) is 8.50. The second-order valence-electron chi connectivity index (χ2n) is 3.53. The molecule has 0 atom stereocenters. The van der Waals surface area contributed by atoms with E-state index in [9.17, 15) is 4.79 Å². The van der Waals surface area contributed by atoms with E-state index < -0.39 is 0 Å². The number of hydrogen-bond donors (Lipinski definition) is 0. The third kappa shape index (κ3) is 4.94. The summed E-state index contributed by atoms with van der Waals surface area (Å²) in [5.74, 6) is 0.535. The van der Waals surface area contributed by atoms with E-state index in [-0.39, 0.29) is 0 Å². The van der Waals surface area contributed by atoms with Crippen LogP contribution in [0.2, 0.25) is 0 Å². The third-order valence-corrected chi connectivity index (χ3v) is 1.72. The van der Waals surface area contributed by atoms with Gasteiger partial charge in [0.1, 0.15) is 6.29 Å². The Labute approximate surface area is 75.3 Å². The SMILES string of the molecule is CC(C)/C(=C/N(C)C)CCC=O. The van der Waals surface area contributed by atoms with Gasteiger partial charge < -0.3 is 9.69 Å². The number of carbonyl (C=O) groups is 1. The van der Waals surface area contributed by atoms with Crippen LogP contribution < -0.4 is 0 Å². The minimum absolute atomic E-state index is 0.535. The number of rotatable bonds is 5. The maximum atomic E-state index is 10.2. The highest BCUT2D eigenvalue weighted by molar-refractivity contribution is 5.49. The zero-order chi connectivity index (χ0) is 9.56. The molecule has 2 nitrogen and oxygen atoms in total. The Morgan fingerprint density at radius 2 is 2.00 bits per heavy atom. The lowest BCUT2D eigenvalue weighted by Gasteiger charge is -2.13. The molecule has 70 valence electrons. The smallest absolute Gasteiger partial charge is 0.120 e. The molecule has 0 saturated heterocycles. The standard InChI is InChI=1S/C10H19NO/c1-9(2)10(6-5-7-12)8-11(3)4/h7-9H,5-6H2,1-4H3/b10-8+. The Balaban J connectivity index is 4.12. The van der Waals surface area contributed by atoms with Crippen molar-refractivity contribution in [1.82, 2.24) is 4.90 Å². The van der Waals surface area contributed by atoms with Crippen LogP contribution in [0.1, 0.15) is 26.7 Å². The molecule has 0 unspecified atom stereocenters. The van der Waals surface area contributed by atoms with Crippen molar-refractivity contribution in [3.63, 3.8) is 0 Å². The Hall–Kier alpha value is -0.790. The van der Waals surface area contributed by atoms with Crippen molar-refractivity contribution in [2.75, 3.05) is 14.1 Å². The molecule has 0 N–H and O–H groups in total. The Morgan fingerprint density at radius 1 is 1.42 bits per heavy atom. The van der Waals surface area contributed by atoms with E-state index in [4.69, 9.17) is 0 Å². The first-order valence-electron chi connectivity index (χ1n) is 4.38. The maximum Gasteiger partial charge on any atom is 0.120 e. The first-order valence-corrected chi connectivity index (χ1v) is 4.38. The lowest BCUT2D eigenvalue weighted by atomic mass is 10.00. The molecule has 0 rings (SSSR count). The highest BCUT2D eigenvalue weighted by Gasteiger charge is 2.02. The summed E-state index contributed by atoms with van der Waals surface area (Å²) in [6, 6.07) is 0. The molecule has 0 radical (unpaired) electrons. The van der Waals surface area contributed by atoms with Crippen molar-refractivity contribution in [3.8, 4) is 0 Å². The topological polar surface area (TPSA) is 20.3 Å². The highest BCUT2D eigenvalue weighted by Crippen LogP contribution is 2.15. The van der Waals surface area contributed by atoms with E-state index in [0.29, 0.717) is 12.3 Å². The van der Waals surface area contributed by atoms with Gasteiger partial charge >= 0.3 is 0 Å². The summed E-state index contributed by atoms with van der Waals surface area (Å²) < 4.78 is 0. The monoisotopic (exact) mass is 169 g/mol. The van der Waals surface area contributed by atoms with E-state index in [1.54, 1.807) is 0 Å². The Bertz CT molecular complexity index is 159. The van der Waals surface area contributed by atoms with Crippen LogP contribution in [-0.2, 0) is 4.79 Å². The molecule has 0 aliphatic carbocycles. The van der Waals surface area contributed by atoms with Crippen molar-refractivity contribution in [2.24, 2.45) is 5.92 Å². The zero-order valence-corrected chi connectivity index (χ0v) is 8.50. The number of aldehydes is 1. The number of carbonyl (C=O) groups excluding carboxylic acids is 1. The minimum Gasteiger partial charge on any atom is -0.384 e. The average Bonchev–Trinajstić information content (AvgIpc) is 1.96. The van der Waals surface area contributed by atoms with Gasteiger partial charge in [0.15, 0.2) is 0 Å². The summed E-state index contributed by atoms with van der Waals surface area (Å²) in [6.45, 7) is 4.31. The van der Waals surface area contributed by atoms with Crippen LogP contribution in [0, 0.1) is 5.92 Å². The summed E-state index contributed by atoms with van der Waals surface area (Å²) in [5.41, 5.74) is 1.34. The second-order valence-corrected chi connectivity index (χ2v) is 3.53. The van der Waals surface area contributed by atoms with Gasteiger partial charge in [0.2, 0.25) is 0 Å². The van der Waals surface area contributed by atoms with E-state index in [1.165, 1.54) is 5.57 Å². The van der Waals surface area contributed by atoms with Crippen LogP contribution in [0.5, 0.6) is 0 Å². The van der Waals surface area contributed by atoms with Gasteiger partial charge in [0.05, 0.1) is 0 Å². The van der Waals surface area contributed by atoms with Crippen molar-refractivity contribution in [3.05, 3.63) is 11.8 Å². The fourth-order valence-electron chi connectivity index (χ4n) is 1.06. The maximum absolute atomic E-state index is 10.2. The normalized spacial score (nSPS) is 11.9. The molecule has 0 aromatic carbocycles. The van der Waals surface area contributed by atoms with Gasteiger partial charge in [-0.05, 0) is 18.5 Å². The van der Waals surface area contributed by atoms with Crippen LogP contribution in [0.3, 0.4) is 0 Å². The molecule has 0 aromatic heterocycles. The number of allylic oxidation sites excluding steroid dienone is 1. The summed E-state index contributed by atoms with van der Waals surface area (Å²) >= 11 is 0. The molecule has 0 amide bonds. The molecule has 0 saturated carbocycles. The lowest BCUT2D eigenvalue weighted by Crippen LogP contribution is -2.06. The van der Waals surface area contributed by atoms with Gasteiger partial charge in [-0.1, -0.05) is 19.4 Å². The van der Waals surface area contributed by atoms with Crippen LogP contribution in [0.4, 0.5) is 0 Å². The van der Waals surface area contributed by atoms with E-state index in [0.717, 1.165) is 12.7 Å². The van der Waals surface area contributed by atoms with Crippen LogP contribution in [0.25, 0.3) is 0 Å². The first kappa shape index (κ1) is 11.2. The average molecular weight is 169 g/mol. The van der Waals surface area contributed by atoms with E-state index >= 15 is 0 Å². The number of nitrogens with zero attached hydrogens (tertiary/aromatic N) is 1. The summed E-state index contributed by atoms with van der Waals surface area (Å²) in [4.78, 5) is 12.2. The lowest BCUT2D eigenvalue weighted by molar-refractivity contribution is -0.107. The summed E-state index contributed by atoms with van der Waals surface area (Å²) in [6.07, 6.45) is 4.61. The summed E-state index contributed by atoms with van der Waals surface area (Å²) in [5, 5.41) is 0. The van der Waals surface area contributed by atoms with Gasteiger partial charge in [0, 0.05) is 20.5 Å². The number of hydrogen-bond acceptors (Lipinski definition) is 2. The van der Waals surface area contributed by atoms with Gasteiger partial charge in [0.25, 0.3) is 0 Å². The molecular weight excluding hydrogens is 150 g/mol.